The first-order valence-corrected chi connectivity index (χ1v) is 11.0. The van der Waals surface area contributed by atoms with Gasteiger partial charge in [-0.2, -0.15) is 0 Å². The average molecular weight is 437 g/mol. The van der Waals surface area contributed by atoms with Crippen molar-refractivity contribution >= 4 is 30.1 Å². The monoisotopic (exact) mass is 437 g/mol. The van der Waals surface area contributed by atoms with Crippen LogP contribution >= 0.6 is 0 Å². The number of nitrogens with one attached hydrogen (secondary N) is 1. The summed E-state index contributed by atoms with van der Waals surface area (Å²) in [6.07, 6.45) is -0.283. The maximum atomic E-state index is 13.0. The zero-order valence-electron chi connectivity index (χ0n) is 19.9. The van der Waals surface area contributed by atoms with Gasteiger partial charge < -0.3 is 19.4 Å². The molecule has 6 nitrogen and oxygen atoms in total. The molecule has 32 heavy (non-hydrogen) atoms. The highest BCUT2D eigenvalue weighted by atomic mass is 16.7. The fraction of sp³-hybridized carbons (Fsp3) is 0.440. The van der Waals surface area contributed by atoms with Gasteiger partial charge in [-0.1, -0.05) is 42.8 Å². The third-order valence-corrected chi connectivity index (χ3v) is 6.17. The average Bonchev–Trinajstić information content (AvgIpc) is 2.92. The molecule has 0 aliphatic carbocycles. The minimum Gasteiger partial charge on any atom is -0.447 e. The minimum absolute atomic E-state index is 0.406. The second-order valence-corrected chi connectivity index (χ2v) is 9.25. The molecule has 3 rings (SSSR count). The number of amides is 1. The van der Waals surface area contributed by atoms with E-state index in [1.54, 1.807) is 6.07 Å². The number of rotatable bonds is 6. The first kappa shape index (κ1) is 24.0. The molecule has 0 bridgehead atoms. The van der Waals surface area contributed by atoms with Gasteiger partial charge >= 0.3 is 13.1 Å². The summed E-state index contributed by atoms with van der Waals surface area (Å²) >= 11 is 0. The molecule has 2 aromatic rings. The van der Waals surface area contributed by atoms with Gasteiger partial charge in [-0.15, -0.1) is 0 Å². The van der Waals surface area contributed by atoms with E-state index in [0.717, 1.165) is 23.0 Å². The van der Waals surface area contributed by atoms with Gasteiger partial charge in [0.25, 0.3) is 5.91 Å². The minimum atomic E-state index is -1.03. The summed E-state index contributed by atoms with van der Waals surface area (Å²) in [4.78, 5) is 24.7. The SMILES string of the molecule is CCc1cc(NC(=O)C(OC(C)=O)c2cccc(C)c2)ccc1B1OC(C)(C)C(C)(C)O1. The van der Waals surface area contributed by atoms with E-state index in [0.29, 0.717) is 11.3 Å². The number of anilines is 1. The van der Waals surface area contributed by atoms with Crippen molar-refractivity contribution in [1.82, 2.24) is 0 Å². The number of ether oxygens (including phenoxy) is 1. The van der Waals surface area contributed by atoms with Gasteiger partial charge in [0, 0.05) is 18.2 Å². The van der Waals surface area contributed by atoms with E-state index in [-0.39, 0.29) is 0 Å². The Bertz CT molecular complexity index is 1000. The van der Waals surface area contributed by atoms with Crippen LogP contribution in [0.4, 0.5) is 5.69 Å². The molecule has 0 radical (unpaired) electrons. The summed E-state index contributed by atoms with van der Waals surface area (Å²) in [5.41, 5.74) is 3.33. The van der Waals surface area contributed by atoms with E-state index < -0.39 is 36.3 Å². The topological polar surface area (TPSA) is 73.9 Å². The van der Waals surface area contributed by atoms with Crippen molar-refractivity contribution in [3.8, 4) is 0 Å². The van der Waals surface area contributed by atoms with Crippen molar-refractivity contribution in [1.29, 1.82) is 0 Å². The Balaban J connectivity index is 1.84. The molecule has 1 atom stereocenters. The maximum Gasteiger partial charge on any atom is 0.495 e. The molecule has 0 aromatic heterocycles. The summed E-state index contributed by atoms with van der Waals surface area (Å²) in [5.74, 6) is -0.923. The van der Waals surface area contributed by atoms with Crippen LogP contribution in [0.5, 0.6) is 0 Å². The standard InChI is InChI=1S/C25H32BNO5/c1-8-18-15-20(12-13-21(18)26-31-24(4,5)25(6,7)32-26)27-23(29)22(30-17(3)28)19-11-9-10-16(2)14-19/h9-15,22H,8H2,1-7H3,(H,27,29). The molecule has 1 heterocycles. The zero-order valence-corrected chi connectivity index (χ0v) is 19.9. The van der Waals surface area contributed by atoms with Crippen LogP contribution in [0.3, 0.4) is 0 Å². The fourth-order valence-electron chi connectivity index (χ4n) is 3.67. The lowest BCUT2D eigenvalue weighted by Crippen LogP contribution is -2.41. The molecule has 2 aromatic carbocycles. The molecular weight excluding hydrogens is 405 g/mol. The van der Waals surface area contributed by atoms with Crippen molar-refractivity contribution in [2.24, 2.45) is 0 Å². The predicted molar refractivity (Wildman–Crippen MR) is 126 cm³/mol. The Labute approximate surface area is 190 Å². The van der Waals surface area contributed by atoms with E-state index in [4.69, 9.17) is 14.0 Å². The Morgan fingerprint density at radius 2 is 1.72 bits per heavy atom. The highest BCUT2D eigenvalue weighted by Crippen LogP contribution is 2.37. The smallest absolute Gasteiger partial charge is 0.447 e. The van der Waals surface area contributed by atoms with Crippen molar-refractivity contribution in [2.75, 3.05) is 5.32 Å². The van der Waals surface area contributed by atoms with Gasteiger partial charge in [-0.05, 0) is 64.2 Å². The maximum absolute atomic E-state index is 13.0. The van der Waals surface area contributed by atoms with Crippen LogP contribution in [0, 0.1) is 6.92 Å². The third kappa shape index (κ3) is 5.05. The molecule has 1 saturated heterocycles. The Hall–Kier alpha value is -2.64. The Morgan fingerprint density at radius 3 is 2.28 bits per heavy atom. The quantitative estimate of drug-likeness (QED) is 0.544. The highest BCUT2D eigenvalue weighted by Gasteiger charge is 2.52. The fourth-order valence-corrected chi connectivity index (χ4v) is 3.67. The molecule has 1 aliphatic heterocycles. The number of hydrogen-bond acceptors (Lipinski definition) is 5. The molecule has 0 spiro atoms. The van der Waals surface area contributed by atoms with E-state index in [2.05, 4.69) is 5.32 Å². The predicted octanol–water partition coefficient (Wildman–Crippen LogP) is 4.10. The van der Waals surface area contributed by atoms with Gasteiger partial charge in [0.2, 0.25) is 6.10 Å². The highest BCUT2D eigenvalue weighted by molar-refractivity contribution is 6.62. The zero-order chi connectivity index (χ0) is 23.7. The lowest BCUT2D eigenvalue weighted by molar-refractivity contribution is -0.152. The molecule has 1 amide bonds. The van der Waals surface area contributed by atoms with Crippen molar-refractivity contribution in [3.63, 3.8) is 0 Å². The van der Waals surface area contributed by atoms with Gasteiger partial charge in [0.05, 0.1) is 11.2 Å². The van der Waals surface area contributed by atoms with Crippen LogP contribution in [-0.2, 0) is 30.1 Å². The van der Waals surface area contributed by atoms with Gasteiger partial charge in [0.15, 0.2) is 0 Å². The van der Waals surface area contributed by atoms with E-state index in [1.807, 2.05) is 77.9 Å². The van der Waals surface area contributed by atoms with E-state index >= 15 is 0 Å². The molecule has 1 aliphatic rings. The lowest BCUT2D eigenvalue weighted by Gasteiger charge is -2.32. The number of esters is 1. The van der Waals surface area contributed by atoms with E-state index in [9.17, 15) is 9.59 Å². The van der Waals surface area contributed by atoms with E-state index in [1.165, 1.54) is 6.92 Å². The normalized spacial score (nSPS) is 17.7. The second-order valence-electron chi connectivity index (χ2n) is 9.25. The number of carbonyl (C=O) groups excluding carboxylic acids is 2. The van der Waals surface area contributed by atoms with Crippen LogP contribution in [0.2, 0.25) is 0 Å². The first-order valence-electron chi connectivity index (χ1n) is 11.0. The van der Waals surface area contributed by atoms with Gasteiger partial charge in [-0.25, -0.2) is 0 Å². The van der Waals surface area contributed by atoms with Gasteiger partial charge in [0.1, 0.15) is 0 Å². The molecule has 0 saturated carbocycles. The molecule has 170 valence electrons. The lowest BCUT2D eigenvalue weighted by atomic mass is 9.75. The largest absolute Gasteiger partial charge is 0.495 e. The van der Waals surface area contributed by atoms with Crippen LogP contribution in [-0.4, -0.2) is 30.2 Å². The molecule has 1 fully saturated rings. The Morgan fingerprint density at radius 1 is 1.06 bits per heavy atom. The van der Waals surface area contributed by atoms with Crippen LogP contribution in [0.15, 0.2) is 42.5 Å². The molecule has 7 heteroatoms. The van der Waals surface area contributed by atoms with Crippen molar-refractivity contribution in [3.05, 3.63) is 59.2 Å². The van der Waals surface area contributed by atoms with Gasteiger partial charge in [-0.3, -0.25) is 9.59 Å². The number of hydrogen-bond donors (Lipinski definition) is 1. The summed E-state index contributed by atoms with van der Waals surface area (Å²) in [6.45, 7) is 13.4. The number of carbonyl (C=O) groups is 2. The second kappa shape index (κ2) is 9.08. The van der Waals surface area contributed by atoms with Crippen LogP contribution in [0.25, 0.3) is 0 Å². The molecule has 1 unspecified atom stereocenters. The third-order valence-electron chi connectivity index (χ3n) is 6.17. The summed E-state index contributed by atoms with van der Waals surface area (Å²) in [7, 11) is -0.471. The van der Waals surface area contributed by atoms with Crippen molar-refractivity contribution in [2.45, 2.75) is 72.2 Å². The van der Waals surface area contributed by atoms with Crippen LogP contribution < -0.4 is 10.8 Å². The first-order chi connectivity index (χ1) is 14.9. The summed E-state index contributed by atoms with van der Waals surface area (Å²) < 4.78 is 17.7. The van der Waals surface area contributed by atoms with Crippen LogP contribution in [0.1, 0.15) is 64.3 Å². The summed E-state index contributed by atoms with van der Waals surface area (Å²) in [6, 6.07) is 13.0. The number of benzene rings is 2. The van der Waals surface area contributed by atoms with Crippen molar-refractivity contribution < 1.29 is 23.6 Å². The molecule has 1 N–H and O–H groups in total. The molecular formula is C25H32BNO5. The Kier molecular flexibility index (Phi) is 6.81. The number of aryl methyl sites for hydroxylation is 2. The summed E-state index contributed by atoms with van der Waals surface area (Å²) in [5, 5.41) is 2.89.